The summed E-state index contributed by atoms with van der Waals surface area (Å²) in [7, 11) is 0. The molecule has 0 fully saturated rings. The molecule has 2 heteroatoms. The summed E-state index contributed by atoms with van der Waals surface area (Å²) in [5.74, 6) is 0. The fourth-order valence-electron chi connectivity index (χ4n) is 9.94. The maximum absolute atomic E-state index is 2.48. The molecule has 0 radical (unpaired) electrons. The van der Waals surface area contributed by atoms with Crippen LogP contribution in [0.4, 0.5) is 34.1 Å². The van der Waals surface area contributed by atoms with Crippen molar-refractivity contribution in [2.75, 3.05) is 9.80 Å². The van der Waals surface area contributed by atoms with Gasteiger partial charge >= 0.3 is 0 Å². The van der Waals surface area contributed by atoms with Crippen molar-refractivity contribution in [1.82, 2.24) is 0 Å². The molecule has 0 aliphatic carbocycles. The molecule has 0 aliphatic heterocycles. The highest BCUT2D eigenvalue weighted by atomic mass is 15.2. The van der Waals surface area contributed by atoms with Gasteiger partial charge in [-0.3, -0.25) is 0 Å². The van der Waals surface area contributed by atoms with Crippen LogP contribution in [0.15, 0.2) is 194 Å². The van der Waals surface area contributed by atoms with Crippen LogP contribution in [0.1, 0.15) is 63.8 Å². The lowest BCUT2D eigenvalue weighted by Gasteiger charge is -2.31. The number of benzene rings is 10. The number of hydrogen-bond donors (Lipinski definition) is 0. The zero-order valence-corrected chi connectivity index (χ0v) is 38.4. The van der Waals surface area contributed by atoms with Crippen LogP contribution in [0.25, 0.3) is 54.6 Å². The van der Waals surface area contributed by atoms with Crippen LogP contribution in [0.5, 0.6) is 0 Å². The van der Waals surface area contributed by atoms with E-state index in [9.17, 15) is 0 Å². The van der Waals surface area contributed by atoms with Gasteiger partial charge < -0.3 is 9.80 Å². The fourth-order valence-corrected chi connectivity index (χ4v) is 9.94. The smallest absolute Gasteiger partial charge is 0.0540 e. The standard InChI is InChI=1S/C62H56N2/c1-41-27-29-45(49-23-15-17-25-53(49)61(3,4)5)39-57(41)63(47-19-11-9-12-20-47)55-37-33-43-32-36-52-56(38-34-44-31-35-51(55)59(43)60(44)52)64(48-21-13-10-14-22-48)58-40-46(30-28-42(58)2)50-24-16-18-26-54(50)62(6,7)8/h9-40H,1-8H3. The zero-order valence-electron chi connectivity index (χ0n) is 38.4. The lowest BCUT2D eigenvalue weighted by atomic mass is 9.81. The van der Waals surface area contributed by atoms with Gasteiger partial charge in [-0.25, -0.2) is 0 Å². The summed E-state index contributed by atoms with van der Waals surface area (Å²) in [6, 6.07) is 72.1. The molecule has 10 aromatic rings. The van der Waals surface area contributed by atoms with Crippen LogP contribution in [-0.2, 0) is 10.8 Å². The largest absolute Gasteiger partial charge is 0.310 e. The van der Waals surface area contributed by atoms with Gasteiger partial charge in [0.2, 0.25) is 0 Å². The molecular formula is C62H56N2. The normalized spacial score (nSPS) is 12.1. The Balaban J connectivity index is 1.20. The highest BCUT2D eigenvalue weighted by molar-refractivity contribution is 6.28. The fraction of sp³-hybridized carbons (Fsp3) is 0.161. The molecule has 0 amide bonds. The van der Waals surface area contributed by atoms with Crippen molar-refractivity contribution in [1.29, 1.82) is 0 Å². The van der Waals surface area contributed by atoms with Gasteiger partial charge in [-0.2, -0.15) is 0 Å². The molecule has 0 saturated carbocycles. The Bertz CT molecular complexity index is 3090. The predicted octanol–water partition coefficient (Wildman–Crippen LogP) is 18.1. The van der Waals surface area contributed by atoms with Gasteiger partial charge in [0.25, 0.3) is 0 Å². The van der Waals surface area contributed by atoms with Crippen molar-refractivity contribution in [3.63, 3.8) is 0 Å². The van der Waals surface area contributed by atoms with Crippen LogP contribution in [0.2, 0.25) is 0 Å². The SMILES string of the molecule is Cc1ccc(-c2ccccc2C(C)(C)C)cc1N(c1ccccc1)c1ccc2ccc3c(N(c4ccccc4)c4cc(-c5ccccc5C(C)(C)C)ccc4C)ccc4ccc1c2c43. The summed E-state index contributed by atoms with van der Waals surface area (Å²) in [6.07, 6.45) is 0. The van der Waals surface area contributed by atoms with Crippen molar-refractivity contribution in [3.8, 4) is 22.3 Å². The molecule has 0 atom stereocenters. The molecule has 10 aromatic carbocycles. The van der Waals surface area contributed by atoms with Crippen molar-refractivity contribution in [3.05, 3.63) is 216 Å². The first kappa shape index (κ1) is 40.9. The van der Waals surface area contributed by atoms with E-state index in [4.69, 9.17) is 0 Å². The van der Waals surface area contributed by atoms with E-state index in [0.29, 0.717) is 0 Å². The zero-order chi connectivity index (χ0) is 44.3. The van der Waals surface area contributed by atoms with Crippen molar-refractivity contribution in [2.45, 2.75) is 66.2 Å². The van der Waals surface area contributed by atoms with E-state index < -0.39 is 0 Å². The molecule has 2 nitrogen and oxygen atoms in total. The molecule has 10 rings (SSSR count). The Kier molecular flexibility index (Phi) is 10.1. The lowest BCUT2D eigenvalue weighted by molar-refractivity contribution is 0.591. The molecule has 0 saturated heterocycles. The molecular weight excluding hydrogens is 773 g/mol. The van der Waals surface area contributed by atoms with Gasteiger partial charge in [0.15, 0.2) is 0 Å². The third-order valence-corrected chi connectivity index (χ3v) is 13.1. The first-order chi connectivity index (χ1) is 30.9. The Labute approximate surface area is 379 Å². The molecule has 0 aliphatic rings. The quantitative estimate of drug-likeness (QED) is 0.141. The maximum Gasteiger partial charge on any atom is 0.0540 e. The molecule has 0 heterocycles. The van der Waals surface area contributed by atoms with E-state index in [2.05, 4.69) is 259 Å². The van der Waals surface area contributed by atoms with Gasteiger partial charge in [0.05, 0.1) is 11.4 Å². The number of para-hydroxylation sites is 2. The molecule has 0 spiro atoms. The minimum atomic E-state index is 0.000951. The van der Waals surface area contributed by atoms with E-state index in [-0.39, 0.29) is 10.8 Å². The Morgan fingerprint density at radius 2 is 0.688 bits per heavy atom. The van der Waals surface area contributed by atoms with E-state index >= 15 is 0 Å². The minimum absolute atomic E-state index is 0.000951. The van der Waals surface area contributed by atoms with Gasteiger partial charge in [0.1, 0.15) is 0 Å². The summed E-state index contributed by atoms with van der Waals surface area (Å²) in [5.41, 5.74) is 17.0. The van der Waals surface area contributed by atoms with Crippen LogP contribution in [0.3, 0.4) is 0 Å². The Morgan fingerprint density at radius 1 is 0.328 bits per heavy atom. The average Bonchev–Trinajstić information content (AvgIpc) is 3.30. The van der Waals surface area contributed by atoms with Gasteiger partial charge in [-0.05, 0) is 139 Å². The molecule has 0 unspecified atom stereocenters. The van der Waals surface area contributed by atoms with E-state index in [1.807, 2.05) is 0 Å². The monoisotopic (exact) mass is 828 g/mol. The Hall–Kier alpha value is -7.16. The maximum atomic E-state index is 2.48. The van der Waals surface area contributed by atoms with Crippen molar-refractivity contribution in [2.24, 2.45) is 0 Å². The second-order valence-electron chi connectivity index (χ2n) is 19.5. The third-order valence-electron chi connectivity index (χ3n) is 13.1. The number of rotatable bonds is 8. The molecule has 64 heavy (non-hydrogen) atoms. The topological polar surface area (TPSA) is 6.48 Å². The van der Waals surface area contributed by atoms with Gasteiger partial charge in [-0.15, -0.1) is 0 Å². The van der Waals surface area contributed by atoms with E-state index in [1.165, 1.54) is 88.2 Å². The van der Waals surface area contributed by atoms with Crippen LogP contribution in [0, 0.1) is 13.8 Å². The number of nitrogens with zero attached hydrogens (tertiary/aromatic N) is 2. The second kappa shape index (κ2) is 15.9. The first-order valence-corrected chi connectivity index (χ1v) is 22.7. The molecule has 0 aromatic heterocycles. The highest BCUT2D eigenvalue weighted by Gasteiger charge is 2.25. The van der Waals surface area contributed by atoms with Crippen LogP contribution >= 0.6 is 0 Å². The molecule has 314 valence electrons. The number of hydrogen-bond acceptors (Lipinski definition) is 2. The average molecular weight is 829 g/mol. The summed E-state index contributed by atoms with van der Waals surface area (Å²) < 4.78 is 0. The first-order valence-electron chi connectivity index (χ1n) is 22.7. The van der Waals surface area contributed by atoms with E-state index in [1.54, 1.807) is 0 Å². The highest BCUT2D eigenvalue weighted by Crippen LogP contribution is 2.49. The van der Waals surface area contributed by atoms with Gasteiger partial charge in [-0.1, -0.05) is 187 Å². The van der Waals surface area contributed by atoms with E-state index in [0.717, 1.165) is 22.7 Å². The molecule has 0 N–H and O–H groups in total. The molecule has 0 bridgehead atoms. The minimum Gasteiger partial charge on any atom is -0.310 e. The van der Waals surface area contributed by atoms with Crippen molar-refractivity contribution < 1.29 is 0 Å². The summed E-state index contributed by atoms with van der Waals surface area (Å²) in [5, 5.41) is 7.46. The summed E-state index contributed by atoms with van der Waals surface area (Å²) in [6.45, 7) is 18.3. The van der Waals surface area contributed by atoms with Crippen LogP contribution < -0.4 is 9.80 Å². The van der Waals surface area contributed by atoms with Gasteiger partial charge in [0, 0.05) is 33.5 Å². The summed E-state index contributed by atoms with van der Waals surface area (Å²) in [4.78, 5) is 4.96. The van der Waals surface area contributed by atoms with Crippen LogP contribution in [-0.4, -0.2) is 0 Å². The lowest BCUT2D eigenvalue weighted by Crippen LogP contribution is -2.14. The predicted molar refractivity (Wildman–Crippen MR) is 277 cm³/mol. The summed E-state index contributed by atoms with van der Waals surface area (Å²) >= 11 is 0. The Morgan fingerprint density at radius 3 is 1.08 bits per heavy atom. The van der Waals surface area contributed by atoms with Crippen molar-refractivity contribution >= 4 is 66.4 Å². The number of aryl methyl sites for hydroxylation is 2. The third kappa shape index (κ3) is 7.18. The number of anilines is 6. The second-order valence-corrected chi connectivity index (χ2v) is 19.5.